The second kappa shape index (κ2) is 10.0. The molecule has 1 unspecified atom stereocenters. The second-order valence-corrected chi connectivity index (χ2v) is 10.0. The van der Waals surface area contributed by atoms with E-state index in [1.807, 2.05) is 36.4 Å². The van der Waals surface area contributed by atoms with Crippen LogP contribution < -0.4 is 10.1 Å². The molecule has 1 aliphatic heterocycles. The molecule has 1 N–H and O–H groups in total. The quantitative estimate of drug-likeness (QED) is 0.475. The van der Waals surface area contributed by atoms with Crippen molar-refractivity contribution < 1.29 is 18.8 Å². The molecule has 0 spiro atoms. The minimum Gasteiger partial charge on any atom is -0.497 e. The lowest BCUT2D eigenvalue weighted by Gasteiger charge is -2.55. The summed E-state index contributed by atoms with van der Waals surface area (Å²) in [6.07, 6.45) is 5.81. The maximum atomic E-state index is 12.6. The number of carbonyl (C=O) groups is 1. The highest BCUT2D eigenvalue weighted by atomic mass is 16.5. The average Bonchev–Trinajstić information content (AvgIpc) is 2.84. The third kappa shape index (κ3) is 5.25. The molecule has 33 heavy (non-hydrogen) atoms. The Morgan fingerprint density at radius 2 is 2.03 bits per heavy atom. The van der Waals surface area contributed by atoms with Crippen molar-refractivity contribution in [1.29, 1.82) is 0 Å². The van der Waals surface area contributed by atoms with Crippen LogP contribution in [0, 0.1) is 5.92 Å². The molecule has 5 heteroatoms. The first-order chi connectivity index (χ1) is 16.0. The Balaban J connectivity index is 1.51. The van der Waals surface area contributed by atoms with Crippen LogP contribution in [0.15, 0.2) is 67.3 Å². The summed E-state index contributed by atoms with van der Waals surface area (Å²) in [5.41, 5.74) is 2.36. The summed E-state index contributed by atoms with van der Waals surface area (Å²) in [6.45, 7) is 7.52. The number of nitrogens with one attached hydrogen (secondary N) is 1. The molecular weight excluding hydrogens is 412 g/mol. The van der Waals surface area contributed by atoms with Crippen LogP contribution in [0.1, 0.15) is 36.8 Å². The number of alkyl carbamates (subject to hydrolysis) is 1. The summed E-state index contributed by atoms with van der Waals surface area (Å²) in [6, 6.07) is 18.5. The van der Waals surface area contributed by atoms with Crippen LogP contribution in [-0.4, -0.2) is 50.4 Å². The van der Waals surface area contributed by atoms with Gasteiger partial charge in [-0.15, -0.1) is 0 Å². The van der Waals surface area contributed by atoms with Crippen LogP contribution in [0.3, 0.4) is 0 Å². The van der Waals surface area contributed by atoms with Crippen molar-refractivity contribution in [2.75, 3.05) is 33.8 Å². The Morgan fingerprint density at radius 3 is 2.79 bits per heavy atom. The Morgan fingerprint density at radius 1 is 1.21 bits per heavy atom. The lowest BCUT2D eigenvalue weighted by Crippen LogP contribution is -2.62. The van der Waals surface area contributed by atoms with E-state index >= 15 is 0 Å². The lowest BCUT2D eigenvalue weighted by atomic mass is 9.57. The van der Waals surface area contributed by atoms with E-state index in [-0.39, 0.29) is 17.6 Å². The van der Waals surface area contributed by atoms with Crippen LogP contribution in [-0.2, 0) is 16.8 Å². The summed E-state index contributed by atoms with van der Waals surface area (Å²) in [7, 11) is 4.07. The summed E-state index contributed by atoms with van der Waals surface area (Å²) in [4.78, 5) is 12.6. The Kier molecular flexibility index (Phi) is 7.08. The molecule has 1 saturated carbocycles. The van der Waals surface area contributed by atoms with Crippen LogP contribution >= 0.6 is 0 Å². The zero-order valence-corrected chi connectivity index (χ0v) is 20.0. The summed E-state index contributed by atoms with van der Waals surface area (Å²) in [5.74, 6) is 1.45. The zero-order chi connectivity index (χ0) is 23.3. The van der Waals surface area contributed by atoms with E-state index in [1.54, 1.807) is 7.11 Å². The highest BCUT2D eigenvalue weighted by Crippen LogP contribution is 2.50. The molecule has 1 amide bonds. The maximum absolute atomic E-state index is 12.6. The second-order valence-electron chi connectivity index (χ2n) is 10.0. The molecule has 1 heterocycles. The number of piperidine rings is 1. The number of rotatable bonds is 7. The van der Waals surface area contributed by atoms with Crippen molar-refractivity contribution >= 4 is 6.09 Å². The summed E-state index contributed by atoms with van der Waals surface area (Å²) < 4.78 is 12.1. The van der Waals surface area contributed by atoms with E-state index in [9.17, 15) is 4.79 Å². The van der Waals surface area contributed by atoms with Gasteiger partial charge in [-0.3, -0.25) is 0 Å². The molecule has 0 radical (unpaired) electrons. The number of hydrogen-bond acceptors (Lipinski definition) is 3. The highest BCUT2D eigenvalue weighted by molar-refractivity contribution is 5.67. The molecule has 176 valence electrons. The van der Waals surface area contributed by atoms with Gasteiger partial charge >= 0.3 is 6.09 Å². The van der Waals surface area contributed by atoms with Gasteiger partial charge in [0.05, 0.1) is 33.8 Å². The number of amides is 1. The number of carbonyl (C=O) groups excluding carboxylic acids is 1. The van der Waals surface area contributed by atoms with E-state index < -0.39 is 0 Å². The number of benzene rings is 2. The molecule has 5 nitrogen and oxygen atoms in total. The minimum atomic E-state index is -0.328. The molecule has 1 saturated heterocycles. The average molecular weight is 450 g/mol. The van der Waals surface area contributed by atoms with Gasteiger partial charge < -0.3 is 19.3 Å². The number of nitrogens with zero attached hydrogens (tertiary/aromatic N) is 1. The van der Waals surface area contributed by atoms with E-state index in [0.717, 1.165) is 61.1 Å². The van der Waals surface area contributed by atoms with Gasteiger partial charge in [0.1, 0.15) is 12.4 Å². The number of quaternary nitrogens is 1. The largest absolute Gasteiger partial charge is 0.497 e. The van der Waals surface area contributed by atoms with Gasteiger partial charge in [0.15, 0.2) is 0 Å². The standard InChI is InChI=1S/C28H36N2O3/c1-4-16-30(2)17-15-28(23-11-8-12-26(18-23)32-3)19-25(14-13-24(28)20-30)29-27(31)33-21-22-9-6-5-7-10-22/h4-12,18,24-25H,1,13-17,19-21H2,2-3H3/p+1/t24?,25-,28-,30-/m0/s1. The first kappa shape index (κ1) is 23.4. The number of hydrogen-bond donors (Lipinski definition) is 1. The number of likely N-dealkylation sites (tertiary alicyclic amines) is 1. The lowest BCUT2D eigenvalue weighted by molar-refractivity contribution is -0.914. The van der Waals surface area contributed by atoms with Crippen molar-refractivity contribution in [3.63, 3.8) is 0 Å². The number of fused-ring (bicyclic) bond motifs is 1. The smallest absolute Gasteiger partial charge is 0.407 e. The molecule has 4 rings (SSSR count). The third-order valence-corrected chi connectivity index (χ3v) is 7.76. The minimum absolute atomic E-state index is 0.0308. The SMILES string of the molecule is C=CC[N@@+]1(C)CC[C@@]2(c3cccc(OC)c3)C[C@@H](NC(=O)OCc3ccccc3)CCC2C1. The van der Waals surface area contributed by atoms with E-state index in [0.29, 0.717) is 12.5 Å². The van der Waals surface area contributed by atoms with Gasteiger partial charge in [0.25, 0.3) is 0 Å². The predicted octanol–water partition coefficient (Wildman–Crippen LogP) is 5.06. The summed E-state index contributed by atoms with van der Waals surface area (Å²) in [5, 5.41) is 3.18. The number of likely N-dealkylation sites (N-methyl/N-ethyl adjacent to an activating group) is 1. The molecule has 1 aliphatic carbocycles. The fraction of sp³-hybridized carbons (Fsp3) is 0.464. The van der Waals surface area contributed by atoms with Crippen molar-refractivity contribution in [3.05, 3.63) is 78.4 Å². The molecule has 2 aliphatic rings. The normalized spacial score (nSPS) is 28.9. The third-order valence-electron chi connectivity index (χ3n) is 7.76. The monoisotopic (exact) mass is 449 g/mol. The van der Waals surface area contributed by atoms with Crippen molar-refractivity contribution in [1.82, 2.24) is 5.32 Å². The zero-order valence-electron chi connectivity index (χ0n) is 20.0. The topological polar surface area (TPSA) is 47.6 Å². The first-order valence-corrected chi connectivity index (χ1v) is 12.0. The molecule has 2 aromatic carbocycles. The number of ether oxygens (including phenoxy) is 2. The molecule has 2 fully saturated rings. The number of methoxy groups -OCH3 is 1. The summed E-state index contributed by atoms with van der Waals surface area (Å²) >= 11 is 0. The molecular formula is C28H37N2O3+. The van der Waals surface area contributed by atoms with Crippen molar-refractivity contribution in [2.45, 2.75) is 43.7 Å². The Bertz CT molecular complexity index is 963. The Labute approximate surface area is 198 Å². The van der Waals surface area contributed by atoms with E-state index in [2.05, 4.69) is 43.2 Å². The van der Waals surface area contributed by atoms with E-state index in [1.165, 1.54) is 5.56 Å². The van der Waals surface area contributed by atoms with Crippen LogP contribution in [0.2, 0.25) is 0 Å². The van der Waals surface area contributed by atoms with Gasteiger partial charge in [-0.2, -0.15) is 0 Å². The highest BCUT2D eigenvalue weighted by Gasteiger charge is 2.52. The van der Waals surface area contributed by atoms with Gasteiger partial charge in [0, 0.05) is 23.8 Å². The first-order valence-electron chi connectivity index (χ1n) is 12.0. The predicted molar refractivity (Wildman–Crippen MR) is 131 cm³/mol. The van der Waals surface area contributed by atoms with Gasteiger partial charge in [-0.05, 0) is 48.6 Å². The van der Waals surface area contributed by atoms with E-state index in [4.69, 9.17) is 9.47 Å². The van der Waals surface area contributed by atoms with Gasteiger partial charge in [-0.1, -0.05) is 49.0 Å². The fourth-order valence-corrected chi connectivity index (χ4v) is 6.01. The van der Waals surface area contributed by atoms with Crippen LogP contribution in [0.4, 0.5) is 4.79 Å². The van der Waals surface area contributed by atoms with Crippen molar-refractivity contribution in [3.8, 4) is 5.75 Å². The van der Waals surface area contributed by atoms with Crippen LogP contribution in [0.25, 0.3) is 0 Å². The molecule has 4 atom stereocenters. The fourth-order valence-electron chi connectivity index (χ4n) is 6.01. The molecule has 0 aromatic heterocycles. The van der Waals surface area contributed by atoms with Crippen LogP contribution in [0.5, 0.6) is 5.75 Å². The van der Waals surface area contributed by atoms with Gasteiger partial charge in [-0.25, -0.2) is 4.79 Å². The molecule has 0 bridgehead atoms. The van der Waals surface area contributed by atoms with Crippen molar-refractivity contribution in [2.24, 2.45) is 5.92 Å². The molecule has 2 aromatic rings. The maximum Gasteiger partial charge on any atom is 0.407 e. The Hall–Kier alpha value is -2.79. The van der Waals surface area contributed by atoms with Gasteiger partial charge in [0.2, 0.25) is 0 Å².